The molecule has 3 aromatic heterocycles. The van der Waals surface area contributed by atoms with Crippen LogP contribution in [-0.4, -0.2) is 19.7 Å². The number of pyridine rings is 1. The first-order chi connectivity index (χ1) is 9.67. The molecule has 0 fully saturated rings. The molecule has 3 aromatic rings. The Balaban J connectivity index is 1.99. The quantitative estimate of drug-likeness (QED) is 0.712. The highest BCUT2D eigenvalue weighted by Crippen LogP contribution is 2.22. The summed E-state index contributed by atoms with van der Waals surface area (Å²) >= 11 is 0. The van der Waals surface area contributed by atoms with Crippen LogP contribution in [0, 0.1) is 17.1 Å². The number of hydrogen-bond acceptors (Lipinski definition) is 5. The topological polar surface area (TPSA) is 80.5 Å². The summed E-state index contributed by atoms with van der Waals surface area (Å²) in [5, 5.41) is 12.7. The lowest BCUT2D eigenvalue weighted by molar-refractivity contribution is 0.429. The van der Waals surface area contributed by atoms with Crippen molar-refractivity contribution in [2.24, 2.45) is 7.05 Å². The zero-order valence-electron chi connectivity index (χ0n) is 10.4. The molecule has 0 aliphatic rings. The third-order valence-corrected chi connectivity index (χ3v) is 2.74. The first-order valence-electron chi connectivity index (χ1n) is 5.70. The summed E-state index contributed by atoms with van der Waals surface area (Å²) in [4.78, 5) is 8.08. The zero-order chi connectivity index (χ0) is 14.1. The van der Waals surface area contributed by atoms with E-state index in [4.69, 9.17) is 9.78 Å². The molecule has 0 saturated heterocycles. The lowest BCUT2D eigenvalue weighted by atomic mass is 10.3. The maximum absolute atomic E-state index is 12.8. The van der Waals surface area contributed by atoms with Gasteiger partial charge in [-0.25, -0.2) is 9.37 Å². The van der Waals surface area contributed by atoms with Crippen LogP contribution in [0.15, 0.2) is 35.1 Å². The minimum absolute atomic E-state index is 0.264. The molecule has 0 bridgehead atoms. The largest absolute Gasteiger partial charge is 0.345 e. The number of aryl methyl sites for hydroxylation is 1. The molecule has 7 heteroatoms. The number of nitriles is 1. The van der Waals surface area contributed by atoms with Crippen molar-refractivity contribution in [2.75, 3.05) is 0 Å². The van der Waals surface area contributed by atoms with Crippen LogP contribution in [0.1, 0.15) is 5.56 Å². The Hall–Kier alpha value is -3.01. The summed E-state index contributed by atoms with van der Waals surface area (Å²) in [7, 11) is 1.77. The van der Waals surface area contributed by atoms with Gasteiger partial charge in [0.1, 0.15) is 23.3 Å². The fraction of sp³-hybridized carbons (Fsp3) is 0.0769. The second-order valence-electron chi connectivity index (χ2n) is 4.12. The van der Waals surface area contributed by atoms with Gasteiger partial charge in [0.2, 0.25) is 5.82 Å². The number of halogens is 1. The van der Waals surface area contributed by atoms with Crippen molar-refractivity contribution in [3.63, 3.8) is 0 Å². The standard InChI is InChI=1S/C13H8FN5O/c1-19-7-8(5-15)4-11(19)13-17-12(18-20-13)10-3-2-9(14)6-16-10/h2-4,6-7H,1H3. The minimum Gasteiger partial charge on any atom is -0.345 e. The molecule has 0 radical (unpaired) electrons. The van der Waals surface area contributed by atoms with E-state index in [1.54, 1.807) is 23.9 Å². The zero-order valence-corrected chi connectivity index (χ0v) is 10.4. The lowest BCUT2D eigenvalue weighted by Crippen LogP contribution is -1.90. The monoisotopic (exact) mass is 269 g/mol. The molecular formula is C13H8FN5O. The molecule has 6 nitrogen and oxygen atoms in total. The predicted octanol–water partition coefficient (Wildman–Crippen LogP) is 2.15. The van der Waals surface area contributed by atoms with Gasteiger partial charge in [0.25, 0.3) is 5.89 Å². The molecule has 0 amide bonds. The number of hydrogen-bond donors (Lipinski definition) is 0. The Morgan fingerprint density at radius 1 is 1.40 bits per heavy atom. The fourth-order valence-corrected chi connectivity index (χ4v) is 1.78. The Morgan fingerprint density at radius 3 is 2.90 bits per heavy atom. The van der Waals surface area contributed by atoms with Gasteiger partial charge < -0.3 is 9.09 Å². The van der Waals surface area contributed by atoms with E-state index in [9.17, 15) is 4.39 Å². The summed E-state index contributed by atoms with van der Waals surface area (Å²) < 4.78 is 19.7. The minimum atomic E-state index is -0.432. The smallest absolute Gasteiger partial charge is 0.274 e. The molecule has 3 rings (SSSR count). The van der Waals surface area contributed by atoms with Crippen LogP contribution in [0.25, 0.3) is 23.1 Å². The highest BCUT2D eigenvalue weighted by Gasteiger charge is 2.15. The second-order valence-corrected chi connectivity index (χ2v) is 4.12. The molecular weight excluding hydrogens is 261 g/mol. The summed E-state index contributed by atoms with van der Waals surface area (Å²) in [5.74, 6) is 0.105. The molecule has 98 valence electrons. The van der Waals surface area contributed by atoms with Gasteiger partial charge in [-0.15, -0.1) is 0 Å². The van der Waals surface area contributed by atoms with Crippen LogP contribution in [0.3, 0.4) is 0 Å². The molecule has 0 spiro atoms. The Labute approximate surface area is 113 Å². The van der Waals surface area contributed by atoms with Crippen LogP contribution in [0.5, 0.6) is 0 Å². The van der Waals surface area contributed by atoms with Crippen molar-refractivity contribution in [3.8, 4) is 29.2 Å². The van der Waals surface area contributed by atoms with Crippen LogP contribution >= 0.6 is 0 Å². The first kappa shape index (κ1) is 12.0. The molecule has 0 aliphatic heterocycles. The van der Waals surface area contributed by atoms with Gasteiger partial charge in [-0.2, -0.15) is 10.2 Å². The van der Waals surface area contributed by atoms with Crippen molar-refractivity contribution in [1.29, 1.82) is 5.26 Å². The third-order valence-electron chi connectivity index (χ3n) is 2.74. The van der Waals surface area contributed by atoms with E-state index < -0.39 is 5.82 Å². The van der Waals surface area contributed by atoms with Crippen molar-refractivity contribution >= 4 is 0 Å². The molecule has 0 unspecified atom stereocenters. The van der Waals surface area contributed by atoms with Gasteiger partial charge in [-0.1, -0.05) is 5.16 Å². The van der Waals surface area contributed by atoms with Gasteiger partial charge in [-0.05, 0) is 18.2 Å². The molecule has 0 aromatic carbocycles. The Bertz CT molecular complexity index is 797. The SMILES string of the molecule is Cn1cc(C#N)cc1-c1nc(-c2ccc(F)cn2)no1. The van der Waals surface area contributed by atoms with Gasteiger partial charge in [0.15, 0.2) is 0 Å². The number of rotatable bonds is 2. The summed E-state index contributed by atoms with van der Waals surface area (Å²) in [5.41, 5.74) is 1.54. The summed E-state index contributed by atoms with van der Waals surface area (Å²) in [6, 6.07) is 6.43. The lowest BCUT2D eigenvalue weighted by Gasteiger charge is -1.94. The second kappa shape index (κ2) is 4.59. The van der Waals surface area contributed by atoms with E-state index in [1.807, 2.05) is 6.07 Å². The van der Waals surface area contributed by atoms with Gasteiger partial charge in [0.05, 0.1) is 11.8 Å². The average molecular weight is 269 g/mol. The number of nitrogens with zero attached hydrogens (tertiary/aromatic N) is 5. The highest BCUT2D eigenvalue weighted by atomic mass is 19.1. The summed E-state index contributed by atoms with van der Waals surface area (Å²) in [6.07, 6.45) is 2.75. The van der Waals surface area contributed by atoms with Crippen LogP contribution in [0.4, 0.5) is 4.39 Å². The molecule has 3 heterocycles. The molecule has 0 N–H and O–H groups in total. The molecule has 0 aliphatic carbocycles. The Morgan fingerprint density at radius 2 is 2.25 bits per heavy atom. The average Bonchev–Trinajstić information content (AvgIpc) is 3.06. The van der Waals surface area contributed by atoms with Crippen molar-refractivity contribution in [3.05, 3.63) is 42.0 Å². The van der Waals surface area contributed by atoms with E-state index in [-0.39, 0.29) is 11.7 Å². The fourth-order valence-electron chi connectivity index (χ4n) is 1.78. The van der Waals surface area contributed by atoms with Gasteiger partial charge >= 0.3 is 0 Å². The Kier molecular flexibility index (Phi) is 2.76. The van der Waals surface area contributed by atoms with Gasteiger partial charge in [-0.3, -0.25) is 0 Å². The molecule has 0 saturated carbocycles. The normalized spacial score (nSPS) is 10.4. The van der Waals surface area contributed by atoms with Crippen molar-refractivity contribution in [1.82, 2.24) is 19.7 Å². The van der Waals surface area contributed by atoms with Crippen LogP contribution in [-0.2, 0) is 7.05 Å². The van der Waals surface area contributed by atoms with E-state index >= 15 is 0 Å². The number of aromatic nitrogens is 4. The van der Waals surface area contributed by atoms with Crippen molar-refractivity contribution < 1.29 is 8.91 Å². The highest BCUT2D eigenvalue weighted by molar-refractivity contribution is 5.56. The van der Waals surface area contributed by atoms with Crippen molar-refractivity contribution in [2.45, 2.75) is 0 Å². The van der Waals surface area contributed by atoms with E-state index in [0.717, 1.165) is 6.20 Å². The van der Waals surface area contributed by atoms with Gasteiger partial charge in [0, 0.05) is 13.2 Å². The summed E-state index contributed by atoms with van der Waals surface area (Å²) in [6.45, 7) is 0. The van der Waals surface area contributed by atoms with Crippen LogP contribution in [0.2, 0.25) is 0 Å². The first-order valence-corrected chi connectivity index (χ1v) is 5.70. The van der Waals surface area contributed by atoms with E-state index in [0.29, 0.717) is 17.0 Å². The van der Waals surface area contributed by atoms with E-state index in [2.05, 4.69) is 15.1 Å². The van der Waals surface area contributed by atoms with Crippen LogP contribution < -0.4 is 0 Å². The molecule has 20 heavy (non-hydrogen) atoms. The third kappa shape index (κ3) is 2.03. The van der Waals surface area contributed by atoms with E-state index in [1.165, 1.54) is 12.1 Å². The maximum atomic E-state index is 12.8. The molecule has 0 atom stereocenters. The predicted molar refractivity (Wildman–Crippen MR) is 66.6 cm³/mol. The maximum Gasteiger partial charge on any atom is 0.274 e.